The summed E-state index contributed by atoms with van der Waals surface area (Å²) < 4.78 is 10.6. The minimum absolute atomic E-state index is 0.461. The average molecular weight is 306 g/mol. The lowest BCUT2D eigenvalue weighted by Crippen LogP contribution is -2.49. The zero-order valence-corrected chi connectivity index (χ0v) is 13.3. The third kappa shape index (κ3) is 3.72. The van der Waals surface area contributed by atoms with Crippen LogP contribution in [0.5, 0.6) is 5.75 Å². The fourth-order valence-corrected chi connectivity index (χ4v) is 3.22. The molecule has 5 nitrogen and oxygen atoms in total. The number of anilines is 1. The van der Waals surface area contributed by atoms with Crippen molar-refractivity contribution in [2.24, 2.45) is 0 Å². The predicted molar refractivity (Wildman–Crippen MR) is 86.6 cm³/mol. The van der Waals surface area contributed by atoms with Crippen LogP contribution >= 0.6 is 0 Å². The molecule has 122 valence electrons. The lowest BCUT2D eigenvalue weighted by molar-refractivity contribution is 0.0241. The van der Waals surface area contributed by atoms with E-state index in [1.165, 1.54) is 5.69 Å². The number of hydrogen-bond acceptors (Lipinski definition) is 5. The lowest BCUT2D eigenvalue weighted by atomic mass is 10.00. The van der Waals surface area contributed by atoms with Gasteiger partial charge in [-0.05, 0) is 25.0 Å². The number of nitrogens with one attached hydrogen (secondary N) is 1. The molecule has 2 aliphatic rings. The summed E-state index contributed by atoms with van der Waals surface area (Å²) in [6, 6.07) is 8.71. The smallest absolute Gasteiger partial charge is 0.120 e. The van der Waals surface area contributed by atoms with Gasteiger partial charge < -0.3 is 24.8 Å². The maximum atomic E-state index is 10.3. The van der Waals surface area contributed by atoms with Gasteiger partial charge >= 0.3 is 0 Å². The quantitative estimate of drug-likeness (QED) is 0.861. The van der Waals surface area contributed by atoms with Crippen LogP contribution in [0.4, 0.5) is 5.69 Å². The van der Waals surface area contributed by atoms with Crippen LogP contribution < -0.4 is 15.0 Å². The molecule has 1 aromatic rings. The van der Waals surface area contributed by atoms with Crippen LogP contribution in [0.2, 0.25) is 0 Å². The monoisotopic (exact) mass is 306 g/mol. The summed E-state index contributed by atoms with van der Waals surface area (Å²) in [5.41, 5.74) is 0.560. The molecule has 0 spiro atoms. The fourth-order valence-electron chi connectivity index (χ4n) is 3.22. The zero-order chi connectivity index (χ0) is 15.4. The van der Waals surface area contributed by atoms with E-state index in [2.05, 4.69) is 22.3 Å². The van der Waals surface area contributed by atoms with Gasteiger partial charge in [-0.3, -0.25) is 0 Å². The first-order chi connectivity index (χ1) is 10.7. The Kier molecular flexibility index (Phi) is 4.86. The summed E-state index contributed by atoms with van der Waals surface area (Å²) in [6.07, 6.45) is 2.92. The molecular weight excluding hydrogens is 280 g/mol. The third-order valence-corrected chi connectivity index (χ3v) is 4.72. The molecule has 0 aromatic heterocycles. The van der Waals surface area contributed by atoms with Crippen molar-refractivity contribution in [3.63, 3.8) is 0 Å². The molecule has 1 unspecified atom stereocenters. The maximum Gasteiger partial charge on any atom is 0.120 e. The van der Waals surface area contributed by atoms with Crippen molar-refractivity contribution in [1.82, 2.24) is 5.32 Å². The standard InChI is InChI=1S/C17H26N2O3/c1-21-16-4-2-3-15(11-16)19-8-5-14(6-9-19)18-12-17(20)7-10-22-13-17/h2-4,11,14,18,20H,5-10,12-13H2,1H3. The highest BCUT2D eigenvalue weighted by molar-refractivity contribution is 5.51. The second kappa shape index (κ2) is 6.86. The molecule has 0 bridgehead atoms. The molecule has 0 radical (unpaired) electrons. The first-order valence-electron chi connectivity index (χ1n) is 8.11. The van der Waals surface area contributed by atoms with Crippen LogP contribution in [0.15, 0.2) is 24.3 Å². The molecule has 0 amide bonds. The Morgan fingerprint density at radius 2 is 2.23 bits per heavy atom. The highest BCUT2D eigenvalue weighted by Gasteiger charge is 2.33. The molecule has 2 saturated heterocycles. The van der Waals surface area contributed by atoms with Crippen LogP contribution in [-0.2, 0) is 4.74 Å². The van der Waals surface area contributed by atoms with Crippen LogP contribution in [0, 0.1) is 0 Å². The van der Waals surface area contributed by atoms with E-state index < -0.39 is 5.60 Å². The van der Waals surface area contributed by atoms with Crippen molar-refractivity contribution in [3.8, 4) is 5.75 Å². The summed E-state index contributed by atoms with van der Waals surface area (Å²) in [6.45, 7) is 3.82. The topological polar surface area (TPSA) is 54.0 Å². The summed E-state index contributed by atoms with van der Waals surface area (Å²) >= 11 is 0. The number of aliphatic hydroxyl groups is 1. The van der Waals surface area contributed by atoms with Gasteiger partial charge in [-0.15, -0.1) is 0 Å². The molecular formula is C17H26N2O3. The Labute approximate surface area is 132 Å². The Morgan fingerprint density at radius 1 is 1.41 bits per heavy atom. The van der Waals surface area contributed by atoms with E-state index in [9.17, 15) is 5.11 Å². The number of hydrogen-bond donors (Lipinski definition) is 2. The van der Waals surface area contributed by atoms with Crippen LogP contribution in [-0.4, -0.2) is 56.7 Å². The molecule has 1 aromatic carbocycles. The molecule has 2 heterocycles. The van der Waals surface area contributed by atoms with E-state index in [1.807, 2.05) is 12.1 Å². The molecule has 0 saturated carbocycles. The SMILES string of the molecule is COc1cccc(N2CCC(NCC3(O)CCOC3)CC2)c1. The molecule has 2 N–H and O–H groups in total. The summed E-state index contributed by atoms with van der Waals surface area (Å²) in [5.74, 6) is 0.904. The van der Waals surface area contributed by atoms with Crippen molar-refractivity contribution in [2.45, 2.75) is 30.9 Å². The highest BCUT2D eigenvalue weighted by Crippen LogP contribution is 2.24. The predicted octanol–water partition coefficient (Wildman–Crippen LogP) is 1.40. The molecule has 2 aliphatic heterocycles. The van der Waals surface area contributed by atoms with Gasteiger partial charge in [-0.1, -0.05) is 6.07 Å². The van der Waals surface area contributed by atoms with Crippen LogP contribution in [0.3, 0.4) is 0 Å². The van der Waals surface area contributed by atoms with Crippen molar-refractivity contribution in [3.05, 3.63) is 24.3 Å². The van der Waals surface area contributed by atoms with E-state index in [4.69, 9.17) is 9.47 Å². The Balaban J connectivity index is 1.47. The number of benzene rings is 1. The average Bonchev–Trinajstić information content (AvgIpc) is 3.01. The van der Waals surface area contributed by atoms with Gasteiger partial charge in [-0.25, -0.2) is 0 Å². The van der Waals surface area contributed by atoms with Gasteiger partial charge in [0, 0.05) is 50.5 Å². The molecule has 22 heavy (non-hydrogen) atoms. The number of methoxy groups -OCH3 is 1. The van der Waals surface area contributed by atoms with Crippen molar-refractivity contribution in [2.75, 3.05) is 44.9 Å². The fraction of sp³-hybridized carbons (Fsp3) is 0.647. The van der Waals surface area contributed by atoms with Gasteiger partial charge in [0.05, 0.1) is 13.7 Å². The summed E-state index contributed by atoms with van der Waals surface area (Å²) in [7, 11) is 1.70. The number of nitrogens with zero attached hydrogens (tertiary/aromatic N) is 1. The van der Waals surface area contributed by atoms with Crippen LogP contribution in [0.1, 0.15) is 19.3 Å². The van der Waals surface area contributed by atoms with Gasteiger partial charge in [0.25, 0.3) is 0 Å². The van der Waals surface area contributed by atoms with E-state index >= 15 is 0 Å². The number of ether oxygens (including phenoxy) is 2. The van der Waals surface area contributed by atoms with Gasteiger partial charge in [0.15, 0.2) is 0 Å². The van der Waals surface area contributed by atoms with Gasteiger partial charge in [0.1, 0.15) is 11.4 Å². The van der Waals surface area contributed by atoms with Gasteiger partial charge in [-0.2, -0.15) is 0 Å². The summed E-state index contributed by atoms with van der Waals surface area (Å²) in [4.78, 5) is 2.40. The second-order valence-corrected chi connectivity index (χ2v) is 6.37. The Bertz CT molecular complexity index is 481. The van der Waals surface area contributed by atoms with Crippen LogP contribution in [0.25, 0.3) is 0 Å². The van der Waals surface area contributed by atoms with Crippen molar-refractivity contribution < 1.29 is 14.6 Å². The Hall–Kier alpha value is -1.30. The molecule has 2 fully saturated rings. The van der Waals surface area contributed by atoms with Gasteiger partial charge in [0.2, 0.25) is 0 Å². The maximum absolute atomic E-state index is 10.3. The lowest BCUT2D eigenvalue weighted by Gasteiger charge is -2.35. The molecule has 5 heteroatoms. The molecule has 3 rings (SSSR count). The third-order valence-electron chi connectivity index (χ3n) is 4.72. The van der Waals surface area contributed by atoms with Crippen molar-refractivity contribution in [1.29, 1.82) is 0 Å². The second-order valence-electron chi connectivity index (χ2n) is 6.37. The largest absolute Gasteiger partial charge is 0.497 e. The minimum Gasteiger partial charge on any atom is -0.497 e. The highest BCUT2D eigenvalue weighted by atomic mass is 16.5. The number of piperidine rings is 1. The first kappa shape index (κ1) is 15.6. The summed E-state index contributed by atoms with van der Waals surface area (Å²) in [5, 5.41) is 13.8. The molecule has 0 aliphatic carbocycles. The Morgan fingerprint density at radius 3 is 2.91 bits per heavy atom. The zero-order valence-electron chi connectivity index (χ0n) is 13.3. The normalized spacial score (nSPS) is 26.4. The first-order valence-corrected chi connectivity index (χ1v) is 8.11. The van der Waals surface area contributed by atoms with E-state index in [-0.39, 0.29) is 0 Å². The van der Waals surface area contributed by atoms with E-state index in [1.54, 1.807) is 7.11 Å². The molecule has 1 atom stereocenters. The van der Waals surface area contributed by atoms with E-state index in [0.29, 0.717) is 25.8 Å². The van der Waals surface area contributed by atoms with E-state index in [0.717, 1.165) is 38.1 Å². The number of rotatable bonds is 5. The minimum atomic E-state index is -0.663. The van der Waals surface area contributed by atoms with Crippen molar-refractivity contribution >= 4 is 5.69 Å².